The summed E-state index contributed by atoms with van der Waals surface area (Å²) in [4.78, 5) is 13.3. The minimum Gasteiger partial charge on any atom is -0.504 e. The lowest BCUT2D eigenvalue weighted by Crippen LogP contribution is -2.26. The van der Waals surface area contributed by atoms with E-state index in [9.17, 15) is 18.7 Å². The van der Waals surface area contributed by atoms with Gasteiger partial charge in [-0.15, -0.1) is 0 Å². The molecule has 0 spiro atoms. The van der Waals surface area contributed by atoms with E-state index in [-0.39, 0.29) is 11.4 Å². The van der Waals surface area contributed by atoms with E-state index in [0.717, 1.165) is 11.6 Å². The van der Waals surface area contributed by atoms with Crippen LogP contribution in [0.1, 0.15) is 32.4 Å². The van der Waals surface area contributed by atoms with Crippen LogP contribution in [0.3, 0.4) is 0 Å². The molecule has 1 unspecified atom stereocenters. The van der Waals surface area contributed by atoms with Crippen molar-refractivity contribution in [3.63, 3.8) is 0 Å². The number of amides is 1. The number of carbonyl (C=O) groups is 1. The molecule has 1 N–H and O–H groups in total. The highest BCUT2D eigenvalue weighted by Gasteiger charge is 2.37. The Morgan fingerprint density at radius 2 is 1.87 bits per heavy atom. The monoisotopic (exact) mass is 440 g/mol. The number of thioether (sulfide) groups is 1. The molecular weight excluding hydrogens is 422 g/mol. The van der Waals surface area contributed by atoms with Crippen molar-refractivity contribution in [3.8, 4) is 11.5 Å². The summed E-state index contributed by atoms with van der Waals surface area (Å²) in [7, 11) is 1.53. The highest BCUT2D eigenvalue weighted by molar-refractivity contribution is 8.14. The molecule has 1 amide bonds. The molecule has 3 aromatic rings. The third-order valence-electron chi connectivity index (χ3n) is 4.82. The van der Waals surface area contributed by atoms with Gasteiger partial charge in [0.15, 0.2) is 11.6 Å². The number of para-hydroxylation sites is 1. The van der Waals surface area contributed by atoms with Crippen LogP contribution in [0, 0.1) is 18.6 Å². The maximum atomic E-state index is 13.9. The van der Waals surface area contributed by atoms with Crippen LogP contribution in [0.5, 0.6) is 11.5 Å². The first-order valence-corrected chi connectivity index (χ1v) is 10.2. The molecule has 0 saturated heterocycles. The fourth-order valence-corrected chi connectivity index (χ4v) is 4.41. The molecule has 31 heavy (non-hydrogen) atoms. The minimum absolute atomic E-state index is 0.208. The number of methoxy groups -OCH3 is 1. The number of rotatable bonds is 4. The number of ether oxygens (including phenoxy) is 1. The number of phenolic OH excluding ortho intramolecular Hbond substituents is 1. The van der Waals surface area contributed by atoms with Crippen LogP contribution in [0.15, 0.2) is 65.8 Å². The highest BCUT2D eigenvalue weighted by Crippen LogP contribution is 2.45. The summed E-state index contributed by atoms with van der Waals surface area (Å²) in [6.07, 6.45) is 0. The van der Waals surface area contributed by atoms with Gasteiger partial charge < -0.3 is 9.84 Å². The lowest BCUT2D eigenvalue weighted by molar-refractivity contribution is 0.0744. The van der Waals surface area contributed by atoms with E-state index in [2.05, 4.69) is 5.10 Å². The Morgan fingerprint density at radius 3 is 2.58 bits per heavy atom. The first-order chi connectivity index (χ1) is 14.9. The molecule has 0 saturated carbocycles. The van der Waals surface area contributed by atoms with Crippen LogP contribution in [0.25, 0.3) is 0 Å². The highest BCUT2D eigenvalue weighted by atomic mass is 32.2. The van der Waals surface area contributed by atoms with Crippen molar-refractivity contribution in [2.75, 3.05) is 7.11 Å². The number of halogens is 2. The zero-order valence-electron chi connectivity index (χ0n) is 16.7. The van der Waals surface area contributed by atoms with Crippen LogP contribution in [-0.4, -0.2) is 28.2 Å². The van der Waals surface area contributed by atoms with Crippen molar-refractivity contribution in [1.82, 2.24) is 5.01 Å². The van der Waals surface area contributed by atoms with Gasteiger partial charge in [-0.05, 0) is 55.0 Å². The largest absolute Gasteiger partial charge is 0.504 e. The third kappa shape index (κ3) is 3.98. The minimum atomic E-state index is -0.898. The summed E-state index contributed by atoms with van der Waals surface area (Å²) in [5, 5.41) is 15.6. The van der Waals surface area contributed by atoms with Crippen LogP contribution >= 0.6 is 11.8 Å². The summed E-state index contributed by atoms with van der Waals surface area (Å²) < 4.78 is 32.8. The van der Waals surface area contributed by atoms with E-state index in [0.29, 0.717) is 21.9 Å². The topological polar surface area (TPSA) is 62.1 Å². The van der Waals surface area contributed by atoms with E-state index in [1.54, 1.807) is 12.1 Å². The molecular formula is C23H18F2N2O3S. The Morgan fingerprint density at radius 1 is 1.13 bits per heavy atom. The molecule has 1 aliphatic rings. The molecule has 5 nitrogen and oxygen atoms in total. The Hall–Kier alpha value is -3.39. The van der Waals surface area contributed by atoms with Crippen LogP contribution in [0.2, 0.25) is 0 Å². The van der Waals surface area contributed by atoms with Crippen molar-refractivity contribution >= 4 is 22.7 Å². The third-order valence-corrected chi connectivity index (χ3v) is 6.03. The van der Waals surface area contributed by atoms with Crippen molar-refractivity contribution in [1.29, 1.82) is 0 Å². The number of hydrazone groups is 1. The summed E-state index contributed by atoms with van der Waals surface area (Å²) in [6.45, 7) is 1.92. The predicted molar refractivity (Wildman–Crippen MR) is 115 cm³/mol. The molecule has 0 bridgehead atoms. The predicted octanol–water partition coefficient (Wildman–Crippen LogP) is 5.24. The van der Waals surface area contributed by atoms with Crippen molar-refractivity contribution < 1.29 is 23.4 Å². The number of aromatic hydroxyl groups is 1. The fraction of sp³-hybridized carbons (Fsp3) is 0.130. The first kappa shape index (κ1) is 20.9. The van der Waals surface area contributed by atoms with E-state index in [4.69, 9.17) is 4.74 Å². The molecule has 0 fully saturated rings. The molecule has 1 aliphatic heterocycles. The molecule has 0 aliphatic carbocycles. The molecule has 8 heteroatoms. The molecule has 3 aromatic carbocycles. The summed E-state index contributed by atoms with van der Waals surface area (Å²) in [5.74, 6) is -2.13. The number of nitrogens with zero attached hydrogens (tertiary/aromatic N) is 2. The second-order valence-corrected chi connectivity index (χ2v) is 7.98. The van der Waals surface area contributed by atoms with Gasteiger partial charge in [0.25, 0.3) is 5.91 Å². The summed E-state index contributed by atoms with van der Waals surface area (Å²) in [5.41, 5.74) is 2.08. The Kier molecular flexibility index (Phi) is 5.65. The normalized spacial score (nSPS) is 15.7. The van der Waals surface area contributed by atoms with Gasteiger partial charge in [-0.3, -0.25) is 4.79 Å². The number of hydrogen-bond acceptors (Lipinski definition) is 5. The zero-order chi connectivity index (χ0) is 22.1. The maximum Gasteiger partial charge on any atom is 0.279 e. The van der Waals surface area contributed by atoms with Crippen molar-refractivity contribution in [2.45, 2.75) is 12.3 Å². The Labute approximate surface area is 182 Å². The standard InChI is InChI=1S/C23H18F2N2O3S/c1-13-6-11-16(19(12-13)30-2)23-27(22(29)17-4-3-5-18(25)20(17)28)26-21(31-23)14-7-9-15(24)10-8-14/h3-12,23,28H,1-2H3. The van der Waals surface area contributed by atoms with E-state index in [1.807, 2.05) is 25.1 Å². The van der Waals surface area contributed by atoms with Crippen LogP contribution in [0.4, 0.5) is 8.78 Å². The first-order valence-electron chi connectivity index (χ1n) is 9.36. The zero-order valence-corrected chi connectivity index (χ0v) is 17.5. The van der Waals surface area contributed by atoms with Gasteiger partial charge in [-0.1, -0.05) is 30.0 Å². The van der Waals surface area contributed by atoms with E-state index in [1.165, 1.54) is 48.1 Å². The number of aryl methyl sites for hydroxylation is 1. The lowest BCUT2D eigenvalue weighted by atomic mass is 10.1. The van der Waals surface area contributed by atoms with Crippen LogP contribution < -0.4 is 4.74 Å². The van der Waals surface area contributed by atoms with Gasteiger partial charge in [0.1, 0.15) is 22.0 Å². The lowest BCUT2D eigenvalue weighted by Gasteiger charge is -2.23. The van der Waals surface area contributed by atoms with Gasteiger partial charge >= 0.3 is 0 Å². The summed E-state index contributed by atoms with van der Waals surface area (Å²) >= 11 is 1.28. The average Bonchev–Trinajstić information content (AvgIpc) is 3.20. The molecule has 0 aromatic heterocycles. The van der Waals surface area contributed by atoms with Gasteiger partial charge in [-0.2, -0.15) is 5.10 Å². The second kappa shape index (κ2) is 8.39. The molecule has 0 radical (unpaired) electrons. The molecule has 1 heterocycles. The average molecular weight is 440 g/mol. The molecule has 4 rings (SSSR count). The van der Waals surface area contributed by atoms with Crippen LogP contribution in [-0.2, 0) is 0 Å². The van der Waals surface area contributed by atoms with Gasteiger partial charge in [0.2, 0.25) is 0 Å². The van der Waals surface area contributed by atoms with Crippen molar-refractivity contribution in [2.24, 2.45) is 5.10 Å². The Bertz CT molecular complexity index is 1180. The summed E-state index contributed by atoms with van der Waals surface area (Å²) in [6, 6.07) is 15.1. The number of hydrogen-bond donors (Lipinski definition) is 1. The Balaban J connectivity index is 1.81. The fourth-order valence-electron chi connectivity index (χ4n) is 3.23. The maximum absolute atomic E-state index is 13.9. The van der Waals surface area contributed by atoms with Crippen molar-refractivity contribution in [3.05, 3.63) is 94.6 Å². The number of benzene rings is 3. The smallest absolute Gasteiger partial charge is 0.279 e. The van der Waals surface area contributed by atoms with E-state index >= 15 is 0 Å². The SMILES string of the molecule is COc1cc(C)ccc1C1SC(c2ccc(F)cc2)=NN1C(=O)c1cccc(F)c1O. The second-order valence-electron chi connectivity index (χ2n) is 6.91. The number of carbonyl (C=O) groups excluding carboxylic acids is 1. The van der Waals surface area contributed by atoms with Gasteiger partial charge in [0.05, 0.1) is 12.7 Å². The van der Waals surface area contributed by atoms with E-state index < -0.39 is 22.8 Å². The van der Waals surface area contributed by atoms with Gasteiger partial charge in [-0.25, -0.2) is 13.8 Å². The molecule has 1 atom stereocenters. The number of phenols is 1. The van der Waals surface area contributed by atoms with Gasteiger partial charge in [0, 0.05) is 11.1 Å². The quantitative estimate of drug-likeness (QED) is 0.603. The molecule has 158 valence electrons.